The molecule has 5 fully saturated rings. The summed E-state index contributed by atoms with van der Waals surface area (Å²) < 4.78 is 31.1. The van der Waals surface area contributed by atoms with Crippen molar-refractivity contribution in [2.75, 3.05) is 6.61 Å². The van der Waals surface area contributed by atoms with Gasteiger partial charge in [-0.3, -0.25) is 0 Å². The molecule has 6 unspecified atom stereocenters. The van der Waals surface area contributed by atoms with Gasteiger partial charge in [-0.15, -0.1) is 13.2 Å². The molecule has 5 aliphatic rings. The maximum Gasteiger partial charge on any atom is 0.190 e. The van der Waals surface area contributed by atoms with Crippen LogP contribution in [0, 0.1) is 23.7 Å². The normalized spacial score (nSPS) is 51.3. The minimum Gasteiger partial charge on any atom is -0.350 e. The van der Waals surface area contributed by atoms with Gasteiger partial charge in [-0.05, 0) is 63.2 Å². The lowest BCUT2D eigenvalue weighted by Crippen LogP contribution is -2.49. The first kappa shape index (κ1) is 19.3. The van der Waals surface area contributed by atoms with Crippen molar-refractivity contribution >= 4 is 0 Å². The molecule has 0 bridgehead atoms. The van der Waals surface area contributed by atoms with Gasteiger partial charge in [0, 0.05) is 11.8 Å². The molecule has 0 N–H and O–H groups in total. The average Bonchev–Trinajstić information content (AvgIpc) is 3.32. The summed E-state index contributed by atoms with van der Waals surface area (Å²) in [5, 5.41) is 0. The zero-order valence-electron chi connectivity index (χ0n) is 16.7. The maximum absolute atomic E-state index is 6.41. The van der Waals surface area contributed by atoms with Gasteiger partial charge in [0.25, 0.3) is 0 Å². The van der Waals surface area contributed by atoms with E-state index < -0.39 is 0 Å². The van der Waals surface area contributed by atoms with Crippen molar-refractivity contribution in [2.45, 2.75) is 88.5 Å². The minimum atomic E-state index is -0.309. The van der Waals surface area contributed by atoms with E-state index in [9.17, 15) is 0 Å². The second-order valence-corrected chi connectivity index (χ2v) is 9.27. The van der Waals surface area contributed by atoms with E-state index in [1.165, 1.54) is 25.7 Å². The standard InChI is InChI=1S/C23H34O5/c1-3-14-5-9-16(10-6-14)21-24-13-18-19(26-21)20-23(25-18)28-22(27-20)17-11-7-15(4-2)8-12-17/h3-4,14-23H,1-2,5-13H2. The van der Waals surface area contributed by atoms with Crippen molar-refractivity contribution in [3.8, 4) is 0 Å². The molecular weight excluding hydrogens is 356 g/mol. The van der Waals surface area contributed by atoms with Crippen molar-refractivity contribution < 1.29 is 23.7 Å². The number of hydrogen-bond donors (Lipinski definition) is 0. The van der Waals surface area contributed by atoms with Gasteiger partial charge in [0.15, 0.2) is 18.9 Å². The van der Waals surface area contributed by atoms with Crippen LogP contribution in [0.5, 0.6) is 0 Å². The number of rotatable bonds is 4. The van der Waals surface area contributed by atoms with Crippen molar-refractivity contribution in [1.29, 1.82) is 0 Å². The van der Waals surface area contributed by atoms with Crippen molar-refractivity contribution in [1.82, 2.24) is 0 Å². The van der Waals surface area contributed by atoms with Gasteiger partial charge in [0.2, 0.25) is 0 Å². The Morgan fingerprint density at radius 2 is 1.14 bits per heavy atom. The van der Waals surface area contributed by atoms with E-state index in [1.54, 1.807) is 0 Å². The number of hydrogen-bond acceptors (Lipinski definition) is 5. The molecule has 3 saturated heterocycles. The summed E-state index contributed by atoms with van der Waals surface area (Å²) in [5.74, 6) is 2.21. The zero-order valence-corrected chi connectivity index (χ0v) is 16.7. The number of ether oxygens (including phenoxy) is 5. The van der Waals surface area contributed by atoms with Gasteiger partial charge in [0.05, 0.1) is 6.61 Å². The van der Waals surface area contributed by atoms with Gasteiger partial charge in [0.1, 0.15) is 18.3 Å². The van der Waals surface area contributed by atoms with Crippen LogP contribution in [0.1, 0.15) is 51.4 Å². The van der Waals surface area contributed by atoms with E-state index >= 15 is 0 Å². The molecular formula is C23H34O5. The fourth-order valence-corrected chi connectivity index (χ4v) is 5.72. The molecule has 6 atom stereocenters. The Morgan fingerprint density at radius 3 is 1.75 bits per heavy atom. The second kappa shape index (κ2) is 8.19. The van der Waals surface area contributed by atoms with Gasteiger partial charge in [-0.1, -0.05) is 12.2 Å². The van der Waals surface area contributed by atoms with E-state index in [0.717, 1.165) is 25.7 Å². The quantitative estimate of drug-likeness (QED) is 0.674. The van der Waals surface area contributed by atoms with Crippen LogP contribution in [0.4, 0.5) is 0 Å². The Labute approximate surface area is 168 Å². The molecule has 5 nitrogen and oxygen atoms in total. The smallest absolute Gasteiger partial charge is 0.190 e. The lowest BCUT2D eigenvalue weighted by molar-refractivity contribution is -0.289. The highest BCUT2D eigenvalue weighted by atomic mass is 16.8. The fraction of sp³-hybridized carbons (Fsp3) is 0.826. The van der Waals surface area contributed by atoms with Crippen LogP contribution in [-0.2, 0) is 23.7 Å². The van der Waals surface area contributed by atoms with Crippen LogP contribution in [0.2, 0.25) is 0 Å². The molecule has 5 rings (SSSR count). The summed E-state index contributed by atoms with van der Waals surface area (Å²) in [4.78, 5) is 0. The van der Waals surface area contributed by atoms with Gasteiger partial charge >= 0.3 is 0 Å². The third-order valence-electron chi connectivity index (χ3n) is 7.61. The Balaban J connectivity index is 1.17. The van der Waals surface area contributed by atoms with Gasteiger partial charge in [-0.2, -0.15) is 0 Å². The molecule has 0 radical (unpaired) electrons. The zero-order chi connectivity index (χ0) is 19.1. The second-order valence-electron chi connectivity index (χ2n) is 9.27. The minimum absolute atomic E-state index is 0.0737. The molecule has 0 aromatic heterocycles. The summed E-state index contributed by atoms with van der Waals surface area (Å²) >= 11 is 0. The van der Waals surface area contributed by atoms with Crippen LogP contribution in [0.3, 0.4) is 0 Å². The first-order valence-corrected chi connectivity index (χ1v) is 11.2. The van der Waals surface area contributed by atoms with Crippen LogP contribution < -0.4 is 0 Å². The lowest BCUT2D eigenvalue weighted by Gasteiger charge is -2.39. The van der Waals surface area contributed by atoms with Crippen molar-refractivity contribution in [3.63, 3.8) is 0 Å². The highest BCUT2D eigenvalue weighted by Crippen LogP contribution is 2.44. The molecule has 2 aliphatic carbocycles. The molecule has 3 heterocycles. The summed E-state index contributed by atoms with van der Waals surface area (Å²) in [7, 11) is 0. The summed E-state index contributed by atoms with van der Waals surface area (Å²) in [5.41, 5.74) is 0. The van der Waals surface area contributed by atoms with Crippen LogP contribution in [0.15, 0.2) is 25.3 Å². The summed E-state index contributed by atoms with van der Waals surface area (Å²) in [6.07, 6.45) is 12.6. The van der Waals surface area contributed by atoms with E-state index in [0.29, 0.717) is 30.3 Å². The Kier molecular flexibility index (Phi) is 5.63. The lowest BCUT2D eigenvalue weighted by atomic mass is 9.81. The van der Waals surface area contributed by atoms with E-state index in [-0.39, 0.29) is 37.2 Å². The Hall–Kier alpha value is -0.720. The SMILES string of the molecule is C=CC1CCC(C2OCC3OC4OC(C5CCC(C=C)CC5)OC4C3O2)CC1. The van der Waals surface area contributed by atoms with E-state index in [2.05, 4.69) is 25.3 Å². The van der Waals surface area contributed by atoms with Crippen LogP contribution in [0.25, 0.3) is 0 Å². The number of fused-ring (bicyclic) bond motifs is 3. The highest BCUT2D eigenvalue weighted by Gasteiger charge is 2.57. The third kappa shape index (κ3) is 3.61. The first-order valence-electron chi connectivity index (χ1n) is 11.2. The largest absolute Gasteiger partial charge is 0.350 e. The molecule has 0 amide bonds. The highest BCUT2D eigenvalue weighted by molar-refractivity contribution is 4.97. The summed E-state index contributed by atoms with van der Waals surface area (Å²) in [6.45, 7) is 8.45. The first-order chi connectivity index (χ1) is 13.7. The van der Waals surface area contributed by atoms with Crippen molar-refractivity contribution in [3.05, 3.63) is 25.3 Å². The molecule has 3 aliphatic heterocycles. The molecule has 5 heteroatoms. The maximum atomic E-state index is 6.41. The molecule has 0 aromatic carbocycles. The van der Waals surface area contributed by atoms with E-state index in [4.69, 9.17) is 23.7 Å². The Bertz CT molecular complexity index is 563. The van der Waals surface area contributed by atoms with Crippen LogP contribution in [-0.4, -0.2) is 43.8 Å². The number of allylic oxidation sites excluding steroid dienone is 2. The predicted octanol–water partition coefficient (Wildman–Crippen LogP) is 4.18. The predicted molar refractivity (Wildman–Crippen MR) is 104 cm³/mol. The molecule has 0 spiro atoms. The molecule has 28 heavy (non-hydrogen) atoms. The van der Waals surface area contributed by atoms with Crippen molar-refractivity contribution in [2.24, 2.45) is 23.7 Å². The van der Waals surface area contributed by atoms with E-state index in [1.807, 2.05) is 0 Å². The molecule has 0 aromatic rings. The summed E-state index contributed by atoms with van der Waals surface area (Å²) in [6, 6.07) is 0. The van der Waals surface area contributed by atoms with Gasteiger partial charge in [-0.25, -0.2) is 0 Å². The monoisotopic (exact) mass is 390 g/mol. The fourth-order valence-electron chi connectivity index (χ4n) is 5.72. The third-order valence-corrected chi connectivity index (χ3v) is 7.61. The van der Waals surface area contributed by atoms with Crippen LogP contribution >= 0.6 is 0 Å². The average molecular weight is 391 g/mol. The topological polar surface area (TPSA) is 46.2 Å². The molecule has 2 saturated carbocycles. The molecule has 156 valence electrons. The Morgan fingerprint density at radius 1 is 0.571 bits per heavy atom. The van der Waals surface area contributed by atoms with Gasteiger partial charge < -0.3 is 23.7 Å².